The summed E-state index contributed by atoms with van der Waals surface area (Å²) in [4.78, 5) is 20.2. The minimum atomic E-state index is -0.134. The average molecular weight is 395 g/mol. The standard InChI is InChI=1S/C25H21N3O2/c1-15-5-8-22-21(9-15)25(29)28-24(27-22)18-6-7-19-14-30-23(20(19)12-18)11-16-3-2-4-17(10-16)13-26/h2-10,12,14H,11,13,26H2,1H3,(H,27,28,29). The van der Waals surface area contributed by atoms with E-state index >= 15 is 0 Å². The number of hydrogen-bond acceptors (Lipinski definition) is 4. The molecular formula is C25H21N3O2. The van der Waals surface area contributed by atoms with Gasteiger partial charge in [-0.1, -0.05) is 48.0 Å². The SMILES string of the molecule is Cc1ccc2nc(-c3ccc4coc(Cc5cccc(CN)c5)c4c3)[nH]c(=O)c2c1. The van der Waals surface area contributed by atoms with Gasteiger partial charge in [-0.05, 0) is 36.2 Å². The zero-order chi connectivity index (χ0) is 20.7. The zero-order valence-corrected chi connectivity index (χ0v) is 16.6. The summed E-state index contributed by atoms with van der Waals surface area (Å²) in [6.45, 7) is 2.47. The molecule has 5 nitrogen and oxygen atoms in total. The highest BCUT2D eigenvalue weighted by atomic mass is 16.3. The fourth-order valence-corrected chi connectivity index (χ4v) is 3.82. The van der Waals surface area contributed by atoms with Crippen LogP contribution in [0.3, 0.4) is 0 Å². The third-order valence-corrected chi connectivity index (χ3v) is 5.41. The maximum atomic E-state index is 12.6. The van der Waals surface area contributed by atoms with Gasteiger partial charge in [0, 0.05) is 29.3 Å². The van der Waals surface area contributed by atoms with Gasteiger partial charge in [0.05, 0.1) is 17.2 Å². The molecule has 2 heterocycles. The second-order valence-corrected chi connectivity index (χ2v) is 7.60. The summed E-state index contributed by atoms with van der Waals surface area (Å²) in [7, 11) is 0. The Hall–Kier alpha value is -3.70. The molecule has 0 radical (unpaired) electrons. The van der Waals surface area contributed by atoms with Crippen LogP contribution in [0.1, 0.15) is 22.5 Å². The van der Waals surface area contributed by atoms with Crippen LogP contribution >= 0.6 is 0 Å². The van der Waals surface area contributed by atoms with Gasteiger partial charge in [0.1, 0.15) is 11.6 Å². The lowest BCUT2D eigenvalue weighted by Crippen LogP contribution is -2.09. The van der Waals surface area contributed by atoms with Gasteiger partial charge in [0.15, 0.2) is 0 Å². The molecular weight excluding hydrogens is 374 g/mol. The Morgan fingerprint density at radius 2 is 1.87 bits per heavy atom. The summed E-state index contributed by atoms with van der Waals surface area (Å²) in [5.41, 5.74) is 10.4. The van der Waals surface area contributed by atoms with Gasteiger partial charge in [-0.2, -0.15) is 0 Å². The summed E-state index contributed by atoms with van der Waals surface area (Å²) in [5.74, 6) is 1.43. The molecule has 30 heavy (non-hydrogen) atoms. The topological polar surface area (TPSA) is 84.9 Å². The number of furan rings is 1. The van der Waals surface area contributed by atoms with Crippen molar-refractivity contribution in [3.63, 3.8) is 0 Å². The number of nitrogens with one attached hydrogen (secondary N) is 1. The van der Waals surface area contributed by atoms with Gasteiger partial charge in [0.2, 0.25) is 0 Å². The lowest BCUT2D eigenvalue weighted by Gasteiger charge is -2.06. The van der Waals surface area contributed by atoms with Crippen LogP contribution in [0.4, 0.5) is 0 Å². The number of aromatic amines is 1. The molecule has 0 aliphatic carbocycles. The lowest BCUT2D eigenvalue weighted by molar-refractivity contribution is 0.526. The summed E-state index contributed by atoms with van der Waals surface area (Å²) >= 11 is 0. The Morgan fingerprint density at radius 3 is 2.73 bits per heavy atom. The van der Waals surface area contributed by atoms with Crippen molar-refractivity contribution < 1.29 is 4.42 Å². The van der Waals surface area contributed by atoms with E-state index in [-0.39, 0.29) is 5.56 Å². The van der Waals surface area contributed by atoms with E-state index in [2.05, 4.69) is 22.1 Å². The molecule has 5 heteroatoms. The minimum Gasteiger partial charge on any atom is -0.468 e. The van der Waals surface area contributed by atoms with Gasteiger partial charge in [-0.15, -0.1) is 0 Å². The number of benzene rings is 3. The first-order valence-electron chi connectivity index (χ1n) is 9.90. The number of nitrogens with two attached hydrogens (primary N) is 1. The molecule has 0 bridgehead atoms. The highest BCUT2D eigenvalue weighted by Gasteiger charge is 2.12. The van der Waals surface area contributed by atoms with E-state index in [4.69, 9.17) is 10.2 Å². The summed E-state index contributed by atoms with van der Waals surface area (Å²) in [5, 5.41) is 2.63. The fourth-order valence-electron chi connectivity index (χ4n) is 3.82. The summed E-state index contributed by atoms with van der Waals surface area (Å²) in [6.07, 6.45) is 2.43. The molecule has 2 aromatic heterocycles. The van der Waals surface area contributed by atoms with E-state index in [0.29, 0.717) is 29.7 Å². The minimum absolute atomic E-state index is 0.134. The largest absolute Gasteiger partial charge is 0.468 e. The summed E-state index contributed by atoms with van der Waals surface area (Å²) in [6, 6.07) is 19.9. The van der Waals surface area contributed by atoms with E-state index in [1.165, 1.54) is 0 Å². The van der Waals surface area contributed by atoms with Gasteiger partial charge in [-0.3, -0.25) is 4.79 Å². The Bertz CT molecular complexity index is 1450. The van der Waals surface area contributed by atoms with Crippen LogP contribution < -0.4 is 11.3 Å². The van der Waals surface area contributed by atoms with Crippen molar-refractivity contribution in [2.45, 2.75) is 19.9 Å². The van der Waals surface area contributed by atoms with Crippen LogP contribution in [0.25, 0.3) is 33.1 Å². The highest BCUT2D eigenvalue weighted by Crippen LogP contribution is 2.28. The Kier molecular flexibility index (Phi) is 4.45. The molecule has 0 atom stereocenters. The van der Waals surface area contributed by atoms with Crippen LogP contribution in [0, 0.1) is 6.92 Å². The van der Waals surface area contributed by atoms with Crippen molar-refractivity contribution in [1.82, 2.24) is 9.97 Å². The predicted molar refractivity (Wildman–Crippen MR) is 119 cm³/mol. The first kappa shape index (κ1) is 18.3. The molecule has 0 fully saturated rings. The van der Waals surface area contributed by atoms with Gasteiger partial charge >= 0.3 is 0 Å². The smallest absolute Gasteiger partial charge is 0.259 e. The number of H-pyrrole nitrogens is 1. The molecule has 5 aromatic rings. The Labute approximate surface area is 173 Å². The highest BCUT2D eigenvalue weighted by molar-refractivity contribution is 5.89. The van der Waals surface area contributed by atoms with E-state index < -0.39 is 0 Å². The maximum Gasteiger partial charge on any atom is 0.259 e. The van der Waals surface area contributed by atoms with Gasteiger partial charge in [-0.25, -0.2) is 4.98 Å². The number of rotatable bonds is 4. The molecule has 0 saturated heterocycles. The second-order valence-electron chi connectivity index (χ2n) is 7.60. The second kappa shape index (κ2) is 7.28. The molecule has 5 rings (SSSR count). The van der Waals surface area contributed by atoms with Crippen molar-refractivity contribution >= 4 is 21.7 Å². The van der Waals surface area contributed by atoms with Crippen molar-refractivity contribution in [3.8, 4) is 11.4 Å². The number of hydrogen-bond donors (Lipinski definition) is 2. The van der Waals surface area contributed by atoms with E-state index in [9.17, 15) is 4.79 Å². The van der Waals surface area contributed by atoms with Crippen molar-refractivity contribution in [3.05, 3.63) is 99.7 Å². The lowest BCUT2D eigenvalue weighted by atomic mass is 10.0. The number of aromatic nitrogens is 2. The third-order valence-electron chi connectivity index (χ3n) is 5.41. The molecule has 3 N–H and O–H groups in total. The number of aryl methyl sites for hydroxylation is 1. The monoisotopic (exact) mass is 395 g/mol. The quantitative estimate of drug-likeness (QED) is 0.462. The molecule has 0 amide bonds. The molecule has 0 saturated carbocycles. The van der Waals surface area contributed by atoms with Crippen LogP contribution in [0.2, 0.25) is 0 Å². The van der Waals surface area contributed by atoms with Crippen molar-refractivity contribution in [1.29, 1.82) is 0 Å². The molecule has 3 aromatic carbocycles. The average Bonchev–Trinajstić information content (AvgIpc) is 3.16. The van der Waals surface area contributed by atoms with E-state index in [1.54, 1.807) is 6.26 Å². The van der Waals surface area contributed by atoms with E-state index in [0.717, 1.165) is 38.8 Å². The molecule has 0 aliphatic heterocycles. The van der Waals surface area contributed by atoms with E-state index in [1.807, 2.05) is 55.5 Å². The number of fused-ring (bicyclic) bond motifs is 2. The summed E-state index contributed by atoms with van der Waals surface area (Å²) < 4.78 is 5.87. The zero-order valence-electron chi connectivity index (χ0n) is 16.6. The predicted octanol–water partition coefficient (Wildman–Crippen LogP) is 4.69. The third kappa shape index (κ3) is 3.29. The fraction of sp³-hybridized carbons (Fsp3) is 0.120. The first-order chi connectivity index (χ1) is 14.6. The number of nitrogens with zero attached hydrogens (tertiary/aromatic N) is 1. The Morgan fingerprint density at radius 1 is 1.00 bits per heavy atom. The van der Waals surface area contributed by atoms with Crippen LogP contribution in [0.15, 0.2) is 76.1 Å². The normalized spacial score (nSPS) is 11.4. The molecule has 0 unspecified atom stereocenters. The van der Waals surface area contributed by atoms with Crippen molar-refractivity contribution in [2.24, 2.45) is 5.73 Å². The van der Waals surface area contributed by atoms with Gasteiger partial charge < -0.3 is 15.1 Å². The van der Waals surface area contributed by atoms with Crippen LogP contribution in [0.5, 0.6) is 0 Å². The maximum absolute atomic E-state index is 12.6. The van der Waals surface area contributed by atoms with Crippen molar-refractivity contribution in [2.75, 3.05) is 0 Å². The molecule has 0 spiro atoms. The van der Waals surface area contributed by atoms with Crippen LogP contribution in [-0.2, 0) is 13.0 Å². The molecule has 0 aliphatic rings. The Balaban J connectivity index is 1.58. The van der Waals surface area contributed by atoms with Crippen LogP contribution in [-0.4, -0.2) is 9.97 Å². The molecule has 148 valence electrons. The van der Waals surface area contributed by atoms with Gasteiger partial charge in [0.25, 0.3) is 5.56 Å². The first-order valence-corrected chi connectivity index (χ1v) is 9.90.